The van der Waals surface area contributed by atoms with Crippen LogP contribution in [0.2, 0.25) is 0 Å². The van der Waals surface area contributed by atoms with Crippen LogP contribution in [0.3, 0.4) is 0 Å². The van der Waals surface area contributed by atoms with E-state index in [-0.39, 0.29) is 0 Å². The fourth-order valence-corrected chi connectivity index (χ4v) is 1.31. The molecule has 1 heteroatoms. The molecule has 1 rings (SSSR count). The number of rotatable bonds is 3. The second-order valence-electron chi connectivity index (χ2n) is 3.23. The SMILES string of the molecule is C=C(C#N)CC(C)c1ccccc1. The van der Waals surface area contributed by atoms with Crippen LogP contribution in [0.15, 0.2) is 42.5 Å². The zero-order valence-electron chi connectivity index (χ0n) is 7.83. The number of allylic oxidation sites excluding steroid dienone is 1. The third kappa shape index (κ3) is 2.76. The van der Waals surface area contributed by atoms with Crippen LogP contribution in [0.5, 0.6) is 0 Å². The summed E-state index contributed by atoms with van der Waals surface area (Å²) in [7, 11) is 0. The van der Waals surface area contributed by atoms with Crippen LogP contribution >= 0.6 is 0 Å². The van der Waals surface area contributed by atoms with Crippen LogP contribution in [0.25, 0.3) is 0 Å². The molecule has 0 fully saturated rings. The molecule has 0 aliphatic heterocycles. The Morgan fingerprint density at radius 3 is 2.62 bits per heavy atom. The Morgan fingerprint density at radius 2 is 2.08 bits per heavy atom. The first kappa shape index (κ1) is 9.54. The first-order valence-corrected chi connectivity index (χ1v) is 4.37. The molecule has 0 spiro atoms. The molecule has 0 aliphatic rings. The highest BCUT2D eigenvalue weighted by Crippen LogP contribution is 2.21. The standard InChI is InChI=1S/C12H13N/c1-10(9-13)8-11(2)12-6-4-3-5-7-12/h3-7,11H,1,8H2,2H3. The number of nitriles is 1. The summed E-state index contributed by atoms with van der Waals surface area (Å²) in [4.78, 5) is 0. The van der Waals surface area contributed by atoms with Gasteiger partial charge >= 0.3 is 0 Å². The first-order chi connectivity index (χ1) is 6.24. The molecule has 0 bridgehead atoms. The summed E-state index contributed by atoms with van der Waals surface area (Å²) in [6.45, 7) is 5.79. The van der Waals surface area contributed by atoms with E-state index in [1.54, 1.807) is 0 Å². The lowest BCUT2D eigenvalue weighted by Crippen LogP contribution is -1.93. The van der Waals surface area contributed by atoms with Crippen LogP contribution in [0, 0.1) is 11.3 Å². The second kappa shape index (κ2) is 4.47. The van der Waals surface area contributed by atoms with Crippen molar-refractivity contribution in [1.29, 1.82) is 5.26 Å². The summed E-state index contributed by atoms with van der Waals surface area (Å²) < 4.78 is 0. The summed E-state index contributed by atoms with van der Waals surface area (Å²) in [5.74, 6) is 0.383. The van der Waals surface area contributed by atoms with Crippen LogP contribution < -0.4 is 0 Å². The van der Waals surface area contributed by atoms with Crippen LogP contribution in [0.1, 0.15) is 24.8 Å². The van der Waals surface area contributed by atoms with Crippen LogP contribution in [-0.4, -0.2) is 0 Å². The normalized spacial score (nSPS) is 11.7. The molecule has 0 aliphatic carbocycles. The summed E-state index contributed by atoms with van der Waals surface area (Å²) in [6, 6.07) is 12.3. The lowest BCUT2D eigenvalue weighted by Gasteiger charge is -2.09. The molecule has 1 atom stereocenters. The molecule has 0 saturated carbocycles. The van der Waals surface area contributed by atoms with Gasteiger partial charge in [0.25, 0.3) is 0 Å². The van der Waals surface area contributed by atoms with E-state index in [9.17, 15) is 0 Å². The van der Waals surface area contributed by atoms with Crippen molar-refractivity contribution in [3.05, 3.63) is 48.0 Å². The van der Waals surface area contributed by atoms with Gasteiger partial charge in [0, 0.05) is 5.57 Å². The summed E-state index contributed by atoms with van der Waals surface area (Å²) in [6.07, 6.45) is 0.751. The van der Waals surface area contributed by atoms with E-state index in [0.29, 0.717) is 11.5 Å². The highest BCUT2D eigenvalue weighted by Gasteiger charge is 2.05. The fraction of sp³-hybridized carbons (Fsp3) is 0.250. The molecule has 0 N–H and O–H groups in total. The van der Waals surface area contributed by atoms with Gasteiger partial charge < -0.3 is 0 Å². The Balaban J connectivity index is 2.65. The molecular formula is C12H13N. The molecule has 66 valence electrons. The summed E-state index contributed by atoms with van der Waals surface area (Å²) in [5.41, 5.74) is 1.91. The maximum absolute atomic E-state index is 8.58. The molecule has 0 heterocycles. The van der Waals surface area contributed by atoms with E-state index >= 15 is 0 Å². The molecule has 1 aromatic rings. The number of nitrogens with zero attached hydrogens (tertiary/aromatic N) is 1. The predicted octanol–water partition coefficient (Wildman–Crippen LogP) is 3.26. The molecule has 0 amide bonds. The molecule has 0 radical (unpaired) electrons. The second-order valence-corrected chi connectivity index (χ2v) is 3.23. The van der Waals surface area contributed by atoms with Crippen LogP contribution in [-0.2, 0) is 0 Å². The van der Waals surface area contributed by atoms with Crippen molar-refractivity contribution in [2.75, 3.05) is 0 Å². The largest absolute Gasteiger partial charge is 0.193 e. The third-order valence-electron chi connectivity index (χ3n) is 2.08. The zero-order valence-corrected chi connectivity index (χ0v) is 7.83. The Morgan fingerprint density at radius 1 is 1.46 bits per heavy atom. The van der Waals surface area contributed by atoms with Gasteiger partial charge in [-0.2, -0.15) is 5.26 Å². The molecule has 13 heavy (non-hydrogen) atoms. The minimum atomic E-state index is 0.383. The molecule has 0 aromatic heterocycles. The van der Waals surface area contributed by atoms with Gasteiger partial charge in [0.2, 0.25) is 0 Å². The van der Waals surface area contributed by atoms with Gasteiger partial charge in [-0.25, -0.2) is 0 Å². The Bertz CT molecular complexity index is 319. The highest BCUT2D eigenvalue weighted by atomic mass is 14.2. The maximum atomic E-state index is 8.58. The van der Waals surface area contributed by atoms with Gasteiger partial charge in [0.1, 0.15) is 0 Å². The van der Waals surface area contributed by atoms with Gasteiger partial charge in [-0.3, -0.25) is 0 Å². The smallest absolute Gasteiger partial charge is 0.0941 e. The quantitative estimate of drug-likeness (QED) is 0.640. The minimum Gasteiger partial charge on any atom is -0.193 e. The van der Waals surface area contributed by atoms with Gasteiger partial charge in [0.05, 0.1) is 6.07 Å². The van der Waals surface area contributed by atoms with Crippen molar-refractivity contribution in [3.63, 3.8) is 0 Å². The van der Waals surface area contributed by atoms with E-state index in [4.69, 9.17) is 5.26 Å². The number of benzene rings is 1. The van der Waals surface area contributed by atoms with E-state index in [1.807, 2.05) is 18.2 Å². The Labute approximate surface area is 79.3 Å². The Kier molecular flexibility index (Phi) is 3.28. The average Bonchev–Trinajstić information content (AvgIpc) is 2.19. The number of hydrogen-bond acceptors (Lipinski definition) is 1. The molecule has 1 aromatic carbocycles. The minimum absolute atomic E-state index is 0.383. The summed E-state index contributed by atoms with van der Waals surface area (Å²) >= 11 is 0. The Hall–Kier alpha value is -1.55. The highest BCUT2D eigenvalue weighted by molar-refractivity contribution is 5.24. The molecule has 0 saturated heterocycles. The van der Waals surface area contributed by atoms with Crippen molar-refractivity contribution >= 4 is 0 Å². The summed E-state index contributed by atoms with van der Waals surface area (Å²) in [5, 5.41) is 8.58. The van der Waals surface area contributed by atoms with E-state index < -0.39 is 0 Å². The van der Waals surface area contributed by atoms with Gasteiger partial charge in [-0.1, -0.05) is 43.8 Å². The van der Waals surface area contributed by atoms with E-state index in [0.717, 1.165) is 6.42 Å². The van der Waals surface area contributed by atoms with E-state index in [2.05, 4.69) is 31.7 Å². The molecule has 1 unspecified atom stereocenters. The van der Waals surface area contributed by atoms with Crippen molar-refractivity contribution in [2.45, 2.75) is 19.3 Å². The lowest BCUT2D eigenvalue weighted by molar-refractivity contribution is 0.766. The van der Waals surface area contributed by atoms with Crippen molar-refractivity contribution in [1.82, 2.24) is 0 Å². The molecule has 1 nitrogen and oxygen atoms in total. The number of hydrogen-bond donors (Lipinski definition) is 0. The maximum Gasteiger partial charge on any atom is 0.0941 e. The fourth-order valence-electron chi connectivity index (χ4n) is 1.31. The van der Waals surface area contributed by atoms with Gasteiger partial charge in [0.15, 0.2) is 0 Å². The van der Waals surface area contributed by atoms with Crippen molar-refractivity contribution < 1.29 is 0 Å². The van der Waals surface area contributed by atoms with Crippen molar-refractivity contribution in [3.8, 4) is 6.07 Å². The third-order valence-corrected chi connectivity index (χ3v) is 2.08. The first-order valence-electron chi connectivity index (χ1n) is 4.37. The average molecular weight is 171 g/mol. The lowest BCUT2D eigenvalue weighted by atomic mass is 9.95. The molecular weight excluding hydrogens is 158 g/mol. The topological polar surface area (TPSA) is 23.8 Å². The van der Waals surface area contributed by atoms with Crippen LogP contribution in [0.4, 0.5) is 0 Å². The predicted molar refractivity (Wildman–Crippen MR) is 54.2 cm³/mol. The van der Waals surface area contributed by atoms with Gasteiger partial charge in [-0.15, -0.1) is 0 Å². The van der Waals surface area contributed by atoms with E-state index in [1.165, 1.54) is 5.56 Å². The van der Waals surface area contributed by atoms with Crippen molar-refractivity contribution in [2.24, 2.45) is 0 Å². The monoisotopic (exact) mass is 171 g/mol. The van der Waals surface area contributed by atoms with Gasteiger partial charge in [-0.05, 0) is 17.9 Å². The zero-order chi connectivity index (χ0) is 9.68.